The van der Waals surface area contributed by atoms with Gasteiger partial charge in [0, 0.05) is 6.42 Å². The summed E-state index contributed by atoms with van der Waals surface area (Å²) in [5.41, 5.74) is 0. The average Bonchev–Trinajstić information content (AvgIpc) is 2.36. The molecule has 1 aliphatic heterocycles. The van der Waals surface area contributed by atoms with Crippen LogP contribution in [0.25, 0.3) is 0 Å². The molecule has 3 heteroatoms. The summed E-state index contributed by atoms with van der Waals surface area (Å²) in [6.07, 6.45) is 0.991. The molecule has 0 bridgehead atoms. The highest BCUT2D eigenvalue weighted by molar-refractivity contribution is 5.72. The first kappa shape index (κ1) is 8.53. The molecule has 0 aromatic heterocycles. The van der Waals surface area contributed by atoms with Gasteiger partial charge in [-0.05, 0) is 6.92 Å². The van der Waals surface area contributed by atoms with Crippen LogP contribution in [0.5, 0.6) is 0 Å². The Morgan fingerprint density at radius 2 is 2.45 bits per heavy atom. The predicted octanol–water partition coefficient (Wildman–Crippen LogP) is -0.916. The number of carbonyl (C=O) groups is 1. The van der Waals surface area contributed by atoms with Gasteiger partial charge in [-0.15, -0.1) is 0 Å². The van der Waals surface area contributed by atoms with Crippen LogP contribution in [0.4, 0.5) is 0 Å². The number of nitrogens with one attached hydrogen (secondary N) is 1. The highest BCUT2D eigenvalue weighted by Crippen LogP contribution is 2.05. The number of rotatable bonds is 2. The van der Waals surface area contributed by atoms with Gasteiger partial charge in [-0.3, -0.25) is 4.79 Å². The van der Waals surface area contributed by atoms with Gasteiger partial charge in [0.15, 0.2) is 0 Å². The van der Waals surface area contributed by atoms with Crippen molar-refractivity contribution in [2.45, 2.75) is 13.3 Å². The van der Waals surface area contributed by atoms with Crippen molar-refractivity contribution in [3.05, 3.63) is 0 Å². The molecule has 3 nitrogen and oxygen atoms in total. The number of hydrogen-bond donors (Lipinski definition) is 1. The maximum absolute atomic E-state index is 11.2. The normalized spacial score (nSPS) is 30.4. The van der Waals surface area contributed by atoms with E-state index in [-0.39, 0.29) is 11.9 Å². The molecule has 0 amide bonds. The third-order valence-electron chi connectivity index (χ3n) is 2.13. The van der Waals surface area contributed by atoms with Crippen LogP contribution in [-0.2, 0) is 9.53 Å². The molecule has 0 aliphatic carbocycles. The van der Waals surface area contributed by atoms with Gasteiger partial charge in [0.1, 0.15) is 5.92 Å². The molecule has 0 aromatic rings. The van der Waals surface area contributed by atoms with Gasteiger partial charge in [0.25, 0.3) is 0 Å². The first-order valence-electron chi connectivity index (χ1n) is 4.22. The predicted molar refractivity (Wildman–Crippen MR) is 41.4 cm³/mol. The fourth-order valence-electron chi connectivity index (χ4n) is 1.51. The van der Waals surface area contributed by atoms with Gasteiger partial charge < -0.3 is 9.64 Å². The zero-order valence-corrected chi connectivity index (χ0v) is 7.22. The molecule has 11 heavy (non-hydrogen) atoms. The van der Waals surface area contributed by atoms with Gasteiger partial charge in [-0.1, -0.05) is 0 Å². The van der Waals surface area contributed by atoms with Crippen molar-refractivity contribution < 1.29 is 14.4 Å². The second-order valence-corrected chi connectivity index (χ2v) is 3.15. The van der Waals surface area contributed by atoms with Gasteiger partial charge in [0.05, 0.1) is 26.7 Å². The zero-order valence-electron chi connectivity index (χ0n) is 7.22. The van der Waals surface area contributed by atoms with Crippen molar-refractivity contribution in [2.75, 3.05) is 26.7 Å². The fraction of sp³-hybridized carbons (Fsp3) is 0.875. The van der Waals surface area contributed by atoms with Crippen molar-refractivity contribution in [1.82, 2.24) is 0 Å². The van der Waals surface area contributed by atoms with Crippen LogP contribution in [0.3, 0.4) is 0 Å². The molecule has 1 rings (SSSR count). The molecular weight excluding hydrogens is 142 g/mol. The largest absolute Gasteiger partial charge is 0.466 e. The molecule has 0 aromatic carbocycles. The zero-order chi connectivity index (χ0) is 8.27. The van der Waals surface area contributed by atoms with E-state index in [1.54, 1.807) is 0 Å². The van der Waals surface area contributed by atoms with Crippen LogP contribution in [0.1, 0.15) is 13.3 Å². The second-order valence-electron chi connectivity index (χ2n) is 3.15. The Morgan fingerprint density at radius 1 is 1.73 bits per heavy atom. The fourth-order valence-corrected chi connectivity index (χ4v) is 1.51. The van der Waals surface area contributed by atoms with E-state index in [1.165, 1.54) is 4.90 Å². The number of esters is 1. The highest BCUT2D eigenvalue weighted by atomic mass is 16.5. The minimum atomic E-state index is -0.00986. The van der Waals surface area contributed by atoms with E-state index in [2.05, 4.69) is 7.05 Å². The van der Waals surface area contributed by atoms with Crippen molar-refractivity contribution in [3.63, 3.8) is 0 Å². The van der Waals surface area contributed by atoms with E-state index in [4.69, 9.17) is 4.74 Å². The van der Waals surface area contributed by atoms with Gasteiger partial charge >= 0.3 is 5.97 Å². The summed E-state index contributed by atoms with van der Waals surface area (Å²) < 4.78 is 4.92. The summed E-state index contributed by atoms with van der Waals surface area (Å²) in [4.78, 5) is 12.6. The van der Waals surface area contributed by atoms with E-state index < -0.39 is 0 Å². The molecule has 0 radical (unpaired) electrons. The molecule has 1 heterocycles. The Balaban J connectivity index is 2.31. The molecule has 1 saturated heterocycles. The molecule has 1 unspecified atom stereocenters. The number of likely N-dealkylation sites (tertiary alicyclic amines) is 1. The number of carbonyl (C=O) groups excluding carboxylic acids is 1. The van der Waals surface area contributed by atoms with Gasteiger partial charge in [-0.25, -0.2) is 0 Å². The standard InChI is InChI=1S/C8H15NO2/c1-3-11-8(10)7-4-5-9(2)6-7/h7H,3-6H2,1-2H3/p+1/t7-/m1/s1. The van der Waals surface area contributed by atoms with Crippen LogP contribution >= 0.6 is 0 Å². The van der Waals surface area contributed by atoms with Crippen LogP contribution in [0.2, 0.25) is 0 Å². The van der Waals surface area contributed by atoms with Crippen molar-refractivity contribution in [1.29, 1.82) is 0 Å². The minimum absolute atomic E-state index is 0.00986. The Kier molecular flexibility index (Phi) is 2.88. The molecule has 1 N–H and O–H groups in total. The van der Waals surface area contributed by atoms with Crippen LogP contribution in [0.15, 0.2) is 0 Å². The second kappa shape index (κ2) is 3.72. The number of ether oxygens (including phenoxy) is 1. The molecule has 1 aliphatic rings. The van der Waals surface area contributed by atoms with Crippen molar-refractivity contribution in [2.24, 2.45) is 5.92 Å². The van der Waals surface area contributed by atoms with Crippen LogP contribution < -0.4 is 4.90 Å². The third-order valence-corrected chi connectivity index (χ3v) is 2.13. The molecule has 2 atom stereocenters. The van der Waals surface area contributed by atoms with Gasteiger partial charge in [-0.2, -0.15) is 0 Å². The maximum Gasteiger partial charge on any atom is 0.314 e. The summed E-state index contributed by atoms with van der Waals surface area (Å²) >= 11 is 0. The molecule has 1 fully saturated rings. The third kappa shape index (κ3) is 2.19. The SMILES string of the molecule is CCOC(=O)[C@@H]1CC[NH+](C)C1. The lowest BCUT2D eigenvalue weighted by molar-refractivity contribution is -0.867. The van der Waals surface area contributed by atoms with E-state index in [0.717, 1.165) is 19.5 Å². The average molecular weight is 158 g/mol. The van der Waals surface area contributed by atoms with Crippen molar-refractivity contribution in [3.8, 4) is 0 Å². The number of hydrogen-bond acceptors (Lipinski definition) is 2. The number of quaternary nitrogens is 1. The van der Waals surface area contributed by atoms with Gasteiger partial charge in [0.2, 0.25) is 0 Å². The lowest BCUT2D eigenvalue weighted by atomic mass is 10.1. The van der Waals surface area contributed by atoms with Crippen LogP contribution in [0, 0.1) is 5.92 Å². The maximum atomic E-state index is 11.2. The molecule has 0 spiro atoms. The Labute approximate surface area is 67.3 Å². The Hall–Kier alpha value is -0.570. The van der Waals surface area contributed by atoms with Crippen molar-refractivity contribution >= 4 is 5.97 Å². The summed E-state index contributed by atoms with van der Waals surface area (Å²) in [5, 5.41) is 0. The lowest BCUT2D eigenvalue weighted by Crippen LogP contribution is -3.07. The quantitative estimate of drug-likeness (QED) is 0.527. The summed E-state index contributed by atoms with van der Waals surface area (Å²) in [7, 11) is 2.11. The summed E-state index contributed by atoms with van der Waals surface area (Å²) in [6.45, 7) is 4.40. The molecular formula is C8H16NO2+. The summed E-state index contributed by atoms with van der Waals surface area (Å²) in [6, 6.07) is 0. The minimum Gasteiger partial charge on any atom is -0.466 e. The first-order valence-corrected chi connectivity index (χ1v) is 4.22. The first-order chi connectivity index (χ1) is 5.24. The lowest BCUT2D eigenvalue weighted by Gasteiger charge is -2.06. The van der Waals surface area contributed by atoms with Crippen LogP contribution in [-0.4, -0.2) is 32.7 Å². The molecule has 64 valence electrons. The monoisotopic (exact) mass is 158 g/mol. The van der Waals surface area contributed by atoms with E-state index in [9.17, 15) is 4.79 Å². The van der Waals surface area contributed by atoms with E-state index in [0.29, 0.717) is 6.61 Å². The Morgan fingerprint density at radius 3 is 2.91 bits per heavy atom. The Bertz CT molecular complexity index is 147. The molecule has 0 saturated carbocycles. The summed E-state index contributed by atoms with van der Waals surface area (Å²) in [5.74, 6) is 0.152. The topological polar surface area (TPSA) is 30.7 Å². The van der Waals surface area contributed by atoms with E-state index in [1.807, 2.05) is 6.92 Å². The van der Waals surface area contributed by atoms with E-state index >= 15 is 0 Å². The highest BCUT2D eigenvalue weighted by Gasteiger charge is 2.30. The smallest absolute Gasteiger partial charge is 0.314 e.